The normalized spacial score (nSPS) is 23.3. The summed E-state index contributed by atoms with van der Waals surface area (Å²) in [5.74, 6) is 0.729. The lowest BCUT2D eigenvalue weighted by Gasteiger charge is -2.38. The van der Waals surface area contributed by atoms with Crippen LogP contribution in [0.1, 0.15) is 33.6 Å². The molecule has 0 spiro atoms. The third-order valence-corrected chi connectivity index (χ3v) is 4.38. The van der Waals surface area contributed by atoms with Crippen LogP contribution in [0.25, 0.3) is 0 Å². The zero-order valence-corrected chi connectivity index (χ0v) is 14.1. The number of likely N-dealkylation sites (tertiary alicyclic amines) is 1. The fraction of sp³-hybridized carbons (Fsp3) is 0.938. The smallest absolute Gasteiger partial charge is 0.410 e. The van der Waals surface area contributed by atoms with Gasteiger partial charge in [0.2, 0.25) is 0 Å². The van der Waals surface area contributed by atoms with Gasteiger partial charge in [-0.15, -0.1) is 0 Å². The Morgan fingerprint density at radius 3 is 2.14 bits per heavy atom. The van der Waals surface area contributed by atoms with Gasteiger partial charge < -0.3 is 19.4 Å². The third kappa shape index (κ3) is 5.47. The number of piperidine rings is 1. The summed E-state index contributed by atoms with van der Waals surface area (Å²) in [5.41, 5.74) is -0.395. The lowest BCUT2D eigenvalue weighted by Crippen LogP contribution is -2.48. The third-order valence-electron chi connectivity index (χ3n) is 4.38. The Bertz CT molecular complexity index is 338. The molecule has 1 amide bonds. The van der Waals surface area contributed by atoms with Crippen LogP contribution in [0, 0.1) is 5.92 Å². The summed E-state index contributed by atoms with van der Waals surface area (Å²) in [4.78, 5) is 18.9. The van der Waals surface area contributed by atoms with Crippen molar-refractivity contribution in [2.24, 2.45) is 5.92 Å². The van der Waals surface area contributed by atoms with Crippen molar-refractivity contribution in [2.75, 3.05) is 52.9 Å². The number of carbonyl (C=O) groups excluding carboxylic acids is 1. The molecule has 0 bridgehead atoms. The van der Waals surface area contributed by atoms with E-state index in [-0.39, 0.29) is 6.09 Å². The molecule has 0 aliphatic carbocycles. The van der Waals surface area contributed by atoms with Gasteiger partial charge in [-0.05, 0) is 46.6 Å². The Morgan fingerprint density at radius 1 is 1.05 bits per heavy atom. The summed E-state index contributed by atoms with van der Waals surface area (Å²) in [5, 5.41) is 0. The first-order chi connectivity index (χ1) is 9.83. The molecule has 0 aromatic rings. The standard InChI is InChI=1S/C16H31N3O2/c1-16(2,3)21-15(20)19-7-5-14(6-8-19)13-18-11-9-17(4)10-12-18/h14H,5-13H2,1-4H3. The topological polar surface area (TPSA) is 36.0 Å². The Labute approximate surface area is 129 Å². The van der Waals surface area contributed by atoms with E-state index in [9.17, 15) is 4.79 Å². The highest BCUT2D eigenvalue weighted by Crippen LogP contribution is 2.21. The first-order valence-corrected chi connectivity index (χ1v) is 8.22. The largest absolute Gasteiger partial charge is 0.444 e. The lowest BCUT2D eigenvalue weighted by molar-refractivity contribution is 0.0162. The summed E-state index contributed by atoms with van der Waals surface area (Å²) in [6.07, 6.45) is 2.05. The number of hydrogen-bond donors (Lipinski definition) is 0. The summed E-state index contributed by atoms with van der Waals surface area (Å²) >= 11 is 0. The number of likely N-dealkylation sites (N-methyl/N-ethyl adjacent to an activating group) is 1. The molecule has 0 unspecified atom stereocenters. The summed E-state index contributed by atoms with van der Waals surface area (Å²) < 4.78 is 5.45. The van der Waals surface area contributed by atoms with Crippen LogP contribution in [-0.2, 0) is 4.74 Å². The molecule has 0 saturated carbocycles. The predicted octanol–water partition coefficient (Wildman–Crippen LogP) is 1.88. The van der Waals surface area contributed by atoms with E-state index < -0.39 is 5.60 Å². The number of piperazine rings is 1. The second kappa shape index (κ2) is 6.97. The maximum absolute atomic E-state index is 12.0. The number of hydrogen-bond acceptors (Lipinski definition) is 4. The van der Waals surface area contributed by atoms with E-state index in [0.717, 1.165) is 31.8 Å². The van der Waals surface area contributed by atoms with Gasteiger partial charge in [0, 0.05) is 45.8 Å². The van der Waals surface area contributed by atoms with E-state index in [1.807, 2.05) is 25.7 Å². The number of ether oxygens (including phenoxy) is 1. The molecule has 5 heteroatoms. The van der Waals surface area contributed by atoms with E-state index in [1.54, 1.807) is 0 Å². The minimum atomic E-state index is -0.395. The Kier molecular flexibility index (Phi) is 5.49. The van der Waals surface area contributed by atoms with Crippen molar-refractivity contribution in [1.29, 1.82) is 0 Å². The molecule has 2 heterocycles. The number of carbonyl (C=O) groups is 1. The lowest BCUT2D eigenvalue weighted by atomic mass is 9.96. The molecule has 0 aromatic heterocycles. The van der Waals surface area contributed by atoms with Crippen molar-refractivity contribution in [1.82, 2.24) is 14.7 Å². The number of amides is 1. The summed E-state index contributed by atoms with van der Waals surface area (Å²) in [7, 11) is 2.19. The first-order valence-electron chi connectivity index (χ1n) is 8.22. The van der Waals surface area contributed by atoms with E-state index >= 15 is 0 Å². The van der Waals surface area contributed by atoms with E-state index in [1.165, 1.54) is 32.7 Å². The van der Waals surface area contributed by atoms with Crippen molar-refractivity contribution in [3.63, 3.8) is 0 Å². The van der Waals surface area contributed by atoms with Gasteiger partial charge in [-0.25, -0.2) is 4.79 Å². The number of nitrogens with zero attached hydrogens (tertiary/aromatic N) is 3. The van der Waals surface area contributed by atoms with Gasteiger partial charge in [0.1, 0.15) is 5.60 Å². The molecule has 2 rings (SSSR count). The Morgan fingerprint density at radius 2 is 1.62 bits per heavy atom. The summed E-state index contributed by atoms with van der Waals surface area (Å²) in [6, 6.07) is 0. The van der Waals surface area contributed by atoms with Gasteiger partial charge in [0.05, 0.1) is 0 Å². The van der Waals surface area contributed by atoms with E-state index in [2.05, 4.69) is 16.8 Å². The van der Waals surface area contributed by atoms with Gasteiger partial charge in [-0.2, -0.15) is 0 Å². The van der Waals surface area contributed by atoms with Gasteiger partial charge in [-0.1, -0.05) is 0 Å². The van der Waals surface area contributed by atoms with Crippen LogP contribution in [0.5, 0.6) is 0 Å². The van der Waals surface area contributed by atoms with E-state index in [4.69, 9.17) is 4.74 Å². The molecule has 0 radical (unpaired) electrons. The molecule has 2 fully saturated rings. The molecule has 2 saturated heterocycles. The monoisotopic (exact) mass is 297 g/mol. The molecule has 2 aliphatic heterocycles. The Balaban J connectivity index is 1.69. The van der Waals surface area contributed by atoms with Crippen LogP contribution < -0.4 is 0 Å². The predicted molar refractivity (Wildman–Crippen MR) is 84.5 cm³/mol. The van der Waals surface area contributed by atoms with Crippen LogP contribution >= 0.6 is 0 Å². The molecule has 122 valence electrons. The quantitative estimate of drug-likeness (QED) is 0.780. The highest BCUT2D eigenvalue weighted by Gasteiger charge is 2.28. The van der Waals surface area contributed by atoms with Gasteiger partial charge >= 0.3 is 6.09 Å². The SMILES string of the molecule is CN1CCN(CC2CCN(C(=O)OC(C)(C)C)CC2)CC1. The first kappa shape index (κ1) is 16.6. The van der Waals surface area contributed by atoms with Gasteiger partial charge in [0.15, 0.2) is 0 Å². The minimum Gasteiger partial charge on any atom is -0.444 e. The number of rotatable bonds is 2. The zero-order valence-electron chi connectivity index (χ0n) is 14.1. The average Bonchev–Trinajstić information content (AvgIpc) is 2.40. The van der Waals surface area contributed by atoms with Crippen LogP contribution in [0.3, 0.4) is 0 Å². The molecular weight excluding hydrogens is 266 g/mol. The van der Waals surface area contributed by atoms with E-state index in [0.29, 0.717) is 0 Å². The van der Waals surface area contributed by atoms with Gasteiger partial charge in [-0.3, -0.25) is 0 Å². The van der Waals surface area contributed by atoms with Crippen LogP contribution in [0.2, 0.25) is 0 Å². The average molecular weight is 297 g/mol. The fourth-order valence-electron chi connectivity index (χ4n) is 3.02. The van der Waals surface area contributed by atoms with Crippen molar-refractivity contribution >= 4 is 6.09 Å². The second-order valence-electron chi connectivity index (χ2n) is 7.51. The highest BCUT2D eigenvalue weighted by atomic mass is 16.6. The van der Waals surface area contributed by atoms with Crippen molar-refractivity contribution < 1.29 is 9.53 Å². The maximum Gasteiger partial charge on any atom is 0.410 e. The zero-order chi connectivity index (χ0) is 15.5. The van der Waals surface area contributed by atoms with Crippen molar-refractivity contribution in [3.05, 3.63) is 0 Å². The maximum atomic E-state index is 12.0. The minimum absolute atomic E-state index is 0.152. The summed E-state index contributed by atoms with van der Waals surface area (Å²) in [6.45, 7) is 13.4. The molecule has 0 atom stereocenters. The van der Waals surface area contributed by atoms with Crippen LogP contribution in [0.15, 0.2) is 0 Å². The van der Waals surface area contributed by atoms with Crippen LogP contribution in [0.4, 0.5) is 4.79 Å². The Hall–Kier alpha value is -0.810. The molecule has 21 heavy (non-hydrogen) atoms. The van der Waals surface area contributed by atoms with Crippen LogP contribution in [-0.4, -0.2) is 79.3 Å². The van der Waals surface area contributed by atoms with Crippen molar-refractivity contribution in [3.8, 4) is 0 Å². The molecule has 2 aliphatic rings. The highest BCUT2D eigenvalue weighted by molar-refractivity contribution is 5.68. The second-order valence-corrected chi connectivity index (χ2v) is 7.51. The molecule has 5 nitrogen and oxygen atoms in total. The fourth-order valence-corrected chi connectivity index (χ4v) is 3.02. The van der Waals surface area contributed by atoms with Gasteiger partial charge in [0.25, 0.3) is 0 Å². The molecular formula is C16H31N3O2. The molecule has 0 aromatic carbocycles. The molecule has 0 N–H and O–H groups in total. The van der Waals surface area contributed by atoms with Crippen molar-refractivity contribution in [2.45, 2.75) is 39.2 Å².